The summed E-state index contributed by atoms with van der Waals surface area (Å²) in [4.78, 5) is 23.5. The minimum Gasteiger partial charge on any atom is -0.482 e. The second-order valence-electron chi connectivity index (χ2n) is 5.88. The highest BCUT2D eigenvalue weighted by Crippen LogP contribution is 2.23. The lowest BCUT2D eigenvalue weighted by Gasteiger charge is -2.14. The molecule has 0 aliphatic rings. The van der Waals surface area contributed by atoms with E-state index in [2.05, 4.69) is 19.2 Å². The van der Waals surface area contributed by atoms with Crippen LogP contribution >= 0.6 is 0 Å². The molecule has 0 heterocycles. The van der Waals surface area contributed by atoms with E-state index in [4.69, 9.17) is 14.2 Å². The molecule has 0 unspecified atom stereocenters. The molecular formula is C18H27NO5. The molecule has 6 nitrogen and oxygen atoms in total. The van der Waals surface area contributed by atoms with Crippen molar-refractivity contribution in [3.8, 4) is 5.75 Å². The van der Waals surface area contributed by atoms with Crippen LogP contribution in [0.2, 0.25) is 0 Å². The van der Waals surface area contributed by atoms with E-state index in [0.717, 1.165) is 5.56 Å². The van der Waals surface area contributed by atoms with Gasteiger partial charge in [-0.2, -0.15) is 0 Å². The number of methoxy groups -OCH3 is 1. The molecular weight excluding hydrogens is 310 g/mol. The Morgan fingerprint density at radius 2 is 1.92 bits per heavy atom. The van der Waals surface area contributed by atoms with Gasteiger partial charge in [-0.25, -0.2) is 4.79 Å². The van der Waals surface area contributed by atoms with Gasteiger partial charge in [-0.15, -0.1) is 0 Å². The molecule has 0 aliphatic heterocycles. The summed E-state index contributed by atoms with van der Waals surface area (Å²) in [6.45, 7) is 8.31. The molecule has 0 radical (unpaired) electrons. The van der Waals surface area contributed by atoms with Crippen molar-refractivity contribution in [2.24, 2.45) is 0 Å². The standard InChI is InChI=1S/C18H27NO5/c1-12(2)16-7-6-15(10-13(16)3)23-11-17(20)24-14(4)18(21)19-8-9-22-5/h6-7,10,12,14H,8-9,11H2,1-5H3,(H,19,21)/t14-/m1/s1. The average molecular weight is 337 g/mol. The lowest BCUT2D eigenvalue weighted by molar-refractivity contribution is -0.156. The van der Waals surface area contributed by atoms with Gasteiger partial charge in [0.1, 0.15) is 5.75 Å². The fourth-order valence-corrected chi connectivity index (χ4v) is 2.23. The molecule has 1 aromatic carbocycles. The Labute approximate surface area is 143 Å². The second-order valence-corrected chi connectivity index (χ2v) is 5.88. The number of carbonyl (C=O) groups excluding carboxylic acids is 2. The summed E-state index contributed by atoms with van der Waals surface area (Å²) in [6.07, 6.45) is -0.872. The molecule has 1 amide bonds. The lowest BCUT2D eigenvalue weighted by Crippen LogP contribution is -2.38. The number of hydrogen-bond acceptors (Lipinski definition) is 5. The highest BCUT2D eigenvalue weighted by atomic mass is 16.6. The van der Waals surface area contributed by atoms with Crippen molar-refractivity contribution < 1.29 is 23.8 Å². The Morgan fingerprint density at radius 1 is 1.21 bits per heavy atom. The number of benzene rings is 1. The van der Waals surface area contributed by atoms with Gasteiger partial charge in [0.25, 0.3) is 5.91 Å². The maximum Gasteiger partial charge on any atom is 0.344 e. The van der Waals surface area contributed by atoms with E-state index in [0.29, 0.717) is 24.8 Å². The molecule has 0 bridgehead atoms. The smallest absolute Gasteiger partial charge is 0.344 e. The van der Waals surface area contributed by atoms with Gasteiger partial charge in [-0.3, -0.25) is 4.79 Å². The minimum absolute atomic E-state index is 0.240. The third-order valence-corrected chi connectivity index (χ3v) is 3.50. The molecule has 0 aromatic heterocycles. The van der Waals surface area contributed by atoms with Crippen molar-refractivity contribution in [3.63, 3.8) is 0 Å². The summed E-state index contributed by atoms with van der Waals surface area (Å²) in [5, 5.41) is 2.60. The third-order valence-electron chi connectivity index (χ3n) is 3.50. The lowest BCUT2D eigenvalue weighted by atomic mass is 9.98. The van der Waals surface area contributed by atoms with Crippen LogP contribution < -0.4 is 10.1 Å². The van der Waals surface area contributed by atoms with Crippen molar-refractivity contribution >= 4 is 11.9 Å². The van der Waals surface area contributed by atoms with E-state index in [9.17, 15) is 9.59 Å². The van der Waals surface area contributed by atoms with Crippen LogP contribution in [-0.4, -0.2) is 44.8 Å². The Balaban J connectivity index is 2.43. The van der Waals surface area contributed by atoms with Crippen LogP contribution in [0.4, 0.5) is 0 Å². The van der Waals surface area contributed by atoms with Crippen molar-refractivity contribution in [2.45, 2.75) is 39.7 Å². The van der Waals surface area contributed by atoms with E-state index >= 15 is 0 Å². The summed E-state index contributed by atoms with van der Waals surface area (Å²) >= 11 is 0. The van der Waals surface area contributed by atoms with Gasteiger partial charge in [0.2, 0.25) is 0 Å². The molecule has 134 valence electrons. The maximum atomic E-state index is 11.8. The van der Waals surface area contributed by atoms with E-state index in [1.165, 1.54) is 12.5 Å². The van der Waals surface area contributed by atoms with Crippen LogP contribution in [-0.2, 0) is 19.1 Å². The first-order valence-corrected chi connectivity index (χ1v) is 8.04. The highest BCUT2D eigenvalue weighted by molar-refractivity contribution is 5.83. The van der Waals surface area contributed by atoms with E-state index < -0.39 is 12.1 Å². The second kappa shape index (κ2) is 9.93. The molecule has 1 N–H and O–H groups in total. The largest absolute Gasteiger partial charge is 0.482 e. The molecule has 0 saturated carbocycles. The monoisotopic (exact) mass is 337 g/mol. The Hall–Kier alpha value is -2.08. The Morgan fingerprint density at radius 3 is 2.50 bits per heavy atom. The predicted molar refractivity (Wildman–Crippen MR) is 91.2 cm³/mol. The molecule has 1 aromatic rings. The first-order chi connectivity index (χ1) is 11.3. The summed E-state index contributed by atoms with van der Waals surface area (Å²) in [6, 6.07) is 5.71. The SMILES string of the molecule is COCCNC(=O)[C@@H](C)OC(=O)COc1ccc(C(C)C)c(C)c1. The van der Waals surface area contributed by atoms with Gasteiger partial charge in [-0.05, 0) is 43.0 Å². The predicted octanol–water partition coefficient (Wildman–Crippen LogP) is 2.19. The van der Waals surface area contributed by atoms with Gasteiger partial charge in [0.05, 0.1) is 6.61 Å². The number of nitrogens with one attached hydrogen (secondary N) is 1. The molecule has 24 heavy (non-hydrogen) atoms. The molecule has 0 spiro atoms. The van der Waals surface area contributed by atoms with E-state index in [-0.39, 0.29) is 12.5 Å². The maximum absolute atomic E-state index is 11.8. The number of rotatable bonds is 9. The molecule has 0 saturated heterocycles. The zero-order valence-corrected chi connectivity index (χ0v) is 15.0. The highest BCUT2D eigenvalue weighted by Gasteiger charge is 2.17. The van der Waals surface area contributed by atoms with Crippen molar-refractivity contribution in [2.75, 3.05) is 26.9 Å². The summed E-state index contributed by atoms with van der Waals surface area (Å²) in [5.74, 6) is 0.0834. The zero-order chi connectivity index (χ0) is 18.1. The van der Waals surface area contributed by atoms with Crippen LogP contribution in [0.3, 0.4) is 0 Å². The molecule has 6 heteroatoms. The van der Waals surface area contributed by atoms with Crippen molar-refractivity contribution in [3.05, 3.63) is 29.3 Å². The van der Waals surface area contributed by atoms with Crippen molar-refractivity contribution in [1.82, 2.24) is 5.32 Å². The number of amides is 1. The van der Waals surface area contributed by atoms with Crippen molar-refractivity contribution in [1.29, 1.82) is 0 Å². The Bertz CT molecular complexity index is 556. The van der Waals surface area contributed by atoms with Crippen LogP contribution in [0.25, 0.3) is 0 Å². The quantitative estimate of drug-likeness (QED) is 0.552. The minimum atomic E-state index is -0.872. The summed E-state index contributed by atoms with van der Waals surface area (Å²) in [5.41, 5.74) is 2.35. The van der Waals surface area contributed by atoms with Crippen LogP contribution in [0, 0.1) is 6.92 Å². The topological polar surface area (TPSA) is 73.9 Å². The van der Waals surface area contributed by atoms with E-state index in [1.807, 2.05) is 25.1 Å². The van der Waals surface area contributed by atoms with Crippen LogP contribution in [0.5, 0.6) is 5.75 Å². The molecule has 1 rings (SSSR count). The Kier molecular flexibility index (Phi) is 8.26. The zero-order valence-electron chi connectivity index (χ0n) is 15.0. The number of hydrogen-bond donors (Lipinski definition) is 1. The number of aryl methyl sites for hydroxylation is 1. The van der Waals surface area contributed by atoms with Gasteiger partial charge >= 0.3 is 5.97 Å². The fraction of sp³-hybridized carbons (Fsp3) is 0.556. The molecule has 1 atom stereocenters. The molecule has 0 aliphatic carbocycles. The van der Waals surface area contributed by atoms with Gasteiger partial charge in [-0.1, -0.05) is 19.9 Å². The van der Waals surface area contributed by atoms with E-state index in [1.54, 1.807) is 7.11 Å². The fourth-order valence-electron chi connectivity index (χ4n) is 2.23. The third kappa shape index (κ3) is 6.58. The van der Waals surface area contributed by atoms with Gasteiger partial charge in [0, 0.05) is 13.7 Å². The first kappa shape index (κ1) is 20.0. The van der Waals surface area contributed by atoms with Crippen LogP contribution in [0.15, 0.2) is 18.2 Å². The number of ether oxygens (including phenoxy) is 3. The van der Waals surface area contributed by atoms with Crippen LogP contribution in [0.1, 0.15) is 37.8 Å². The summed E-state index contributed by atoms with van der Waals surface area (Å²) in [7, 11) is 1.54. The normalized spacial score (nSPS) is 11.9. The average Bonchev–Trinajstić information content (AvgIpc) is 2.52. The number of carbonyl (C=O) groups is 2. The summed E-state index contributed by atoms with van der Waals surface area (Å²) < 4.78 is 15.3. The van der Waals surface area contributed by atoms with Gasteiger partial charge < -0.3 is 19.5 Å². The number of esters is 1. The first-order valence-electron chi connectivity index (χ1n) is 8.04. The van der Waals surface area contributed by atoms with Gasteiger partial charge in [0.15, 0.2) is 12.7 Å². The molecule has 0 fully saturated rings.